The second kappa shape index (κ2) is 10.6. The third-order valence-electron chi connectivity index (χ3n) is 4.43. The molecule has 1 saturated heterocycles. The molecule has 2 rings (SSSR count). The molecular weight excluding hydrogens is 408 g/mol. The molecular formula is C16H27ClN6O6. The predicted molar refractivity (Wildman–Crippen MR) is 104 cm³/mol. The van der Waals surface area contributed by atoms with E-state index in [9.17, 15) is 19.5 Å². The van der Waals surface area contributed by atoms with Crippen LogP contribution in [0.25, 0.3) is 0 Å². The molecule has 1 aliphatic heterocycles. The lowest BCUT2D eigenvalue weighted by Gasteiger charge is -2.19. The Morgan fingerprint density at radius 2 is 2.03 bits per heavy atom. The molecule has 1 aromatic heterocycles. The molecule has 0 aliphatic carbocycles. The van der Waals surface area contributed by atoms with Crippen LogP contribution in [-0.2, 0) is 14.3 Å². The van der Waals surface area contributed by atoms with Crippen molar-refractivity contribution in [1.82, 2.24) is 19.9 Å². The van der Waals surface area contributed by atoms with E-state index in [1.54, 1.807) is 13.8 Å². The minimum Gasteiger partial charge on any atom is -0.394 e. The number of carbonyl (C=O) groups excluding carboxylic acids is 2. The van der Waals surface area contributed by atoms with Gasteiger partial charge in [0, 0.05) is 6.42 Å². The first kappa shape index (κ1) is 24.9. The van der Waals surface area contributed by atoms with Crippen molar-refractivity contribution in [3.05, 3.63) is 16.8 Å². The first-order valence-electron chi connectivity index (χ1n) is 8.90. The van der Waals surface area contributed by atoms with Gasteiger partial charge in [-0.2, -0.15) is 4.98 Å². The number of hydrogen-bond acceptors (Lipinski definition) is 9. The molecule has 12 nitrogen and oxygen atoms in total. The summed E-state index contributed by atoms with van der Waals surface area (Å²) in [6, 6.07) is -1.66. The van der Waals surface area contributed by atoms with Crippen molar-refractivity contribution >= 4 is 30.2 Å². The fourth-order valence-electron chi connectivity index (χ4n) is 2.55. The molecule has 5 atom stereocenters. The standard InChI is InChI=1S/C16H26N6O6.ClH/c1-7(2)12(17)14(26)19-8(3)13(25)20-15-18-6-22(16(27)21-15)11-4-9(24)10(5-23)28-11;/h6-12,23-24H,4-5,17H2,1-3H3,(H,19,26)(H,20,21,25,27);1H/t8-,9-,10+,11+,12-;/m0./s1. The van der Waals surface area contributed by atoms with E-state index in [-0.39, 0.29) is 37.3 Å². The predicted octanol–water partition coefficient (Wildman–Crippen LogP) is -1.87. The van der Waals surface area contributed by atoms with Gasteiger partial charge in [0.25, 0.3) is 0 Å². The number of hydrogen-bond donors (Lipinski definition) is 5. The van der Waals surface area contributed by atoms with Crippen LogP contribution >= 0.6 is 12.4 Å². The maximum absolute atomic E-state index is 12.2. The minimum absolute atomic E-state index is 0. The van der Waals surface area contributed by atoms with E-state index in [4.69, 9.17) is 15.6 Å². The highest BCUT2D eigenvalue weighted by Gasteiger charge is 2.35. The van der Waals surface area contributed by atoms with Crippen LogP contribution in [0.15, 0.2) is 11.1 Å². The number of halogens is 1. The van der Waals surface area contributed by atoms with E-state index in [2.05, 4.69) is 20.6 Å². The molecule has 1 aliphatic rings. The van der Waals surface area contributed by atoms with Crippen LogP contribution in [0.2, 0.25) is 0 Å². The van der Waals surface area contributed by atoms with Crippen molar-refractivity contribution in [2.45, 2.75) is 57.7 Å². The highest BCUT2D eigenvalue weighted by molar-refractivity contribution is 5.96. The van der Waals surface area contributed by atoms with E-state index in [0.29, 0.717) is 0 Å². The Kier molecular flexibility index (Phi) is 9.11. The highest BCUT2D eigenvalue weighted by Crippen LogP contribution is 2.26. The van der Waals surface area contributed by atoms with Crippen molar-refractivity contribution in [3.63, 3.8) is 0 Å². The first-order valence-corrected chi connectivity index (χ1v) is 8.90. The average molecular weight is 435 g/mol. The summed E-state index contributed by atoms with van der Waals surface area (Å²) < 4.78 is 6.43. The maximum Gasteiger partial charge on any atom is 0.354 e. The number of carbonyl (C=O) groups is 2. The Balaban J connectivity index is 0.00000420. The maximum atomic E-state index is 12.2. The Labute approximate surface area is 173 Å². The van der Waals surface area contributed by atoms with Crippen molar-refractivity contribution in [2.24, 2.45) is 11.7 Å². The second-order valence-electron chi connectivity index (χ2n) is 6.97. The number of anilines is 1. The number of ether oxygens (including phenoxy) is 1. The van der Waals surface area contributed by atoms with E-state index >= 15 is 0 Å². The van der Waals surface area contributed by atoms with Gasteiger partial charge in [0.15, 0.2) is 0 Å². The van der Waals surface area contributed by atoms with E-state index in [1.165, 1.54) is 6.92 Å². The van der Waals surface area contributed by atoms with Crippen LogP contribution in [0.4, 0.5) is 5.95 Å². The van der Waals surface area contributed by atoms with Gasteiger partial charge in [-0.15, -0.1) is 12.4 Å². The van der Waals surface area contributed by atoms with Crippen LogP contribution in [0.3, 0.4) is 0 Å². The molecule has 164 valence electrons. The van der Waals surface area contributed by atoms with Gasteiger partial charge < -0.3 is 26.0 Å². The number of aromatic nitrogens is 3. The summed E-state index contributed by atoms with van der Waals surface area (Å²) in [5.41, 5.74) is 4.98. The minimum atomic E-state index is -0.915. The Morgan fingerprint density at radius 1 is 1.38 bits per heavy atom. The average Bonchev–Trinajstić information content (AvgIpc) is 3.01. The lowest BCUT2D eigenvalue weighted by atomic mass is 10.0. The van der Waals surface area contributed by atoms with Gasteiger partial charge in [0.2, 0.25) is 17.8 Å². The zero-order chi connectivity index (χ0) is 21.0. The lowest BCUT2D eigenvalue weighted by Crippen LogP contribution is -2.50. The van der Waals surface area contributed by atoms with E-state index in [1.807, 2.05) is 0 Å². The molecule has 13 heteroatoms. The van der Waals surface area contributed by atoms with Gasteiger partial charge in [0.05, 0.1) is 18.8 Å². The monoisotopic (exact) mass is 434 g/mol. The van der Waals surface area contributed by atoms with Crippen LogP contribution in [-0.4, -0.2) is 67.5 Å². The molecule has 2 heterocycles. The van der Waals surface area contributed by atoms with Gasteiger partial charge in [-0.1, -0.05) is 13.8 Å². The molecule has 1 fully saturated rings. The van der Waals surface area contributed by atoms with Crippen LogP contribution in [0, 0.1) is 5.92 Å². The SMILES string of the molecule is CC(C)[C@H](N)C(=O)N[C@@H](C)C(=O)Nc1ncn([C@H]2C[C@H](O)[C@@H](CO)O2)c(=O)n1.Cl. The zero-order valence-corrected chi connectivity index (χ0v) is 17.1. The number of nitrogens with one attached hydrogen (secondary N) is 2. The molecule has 0 radical (unpaired) electrons. The summed E-state index contributed by atoms with van der Waals surface area (Å²) in [6.45, 7) is 4.65. The van der Waals surface area contributed by atoms with E-state index in [0.717, 1.165) is 10.9 Å². The molecule has 1 aromatic rings. The number of aliphatic hydroxyl groups excluding tert-OH is 2. The summed E-state index contributed by atoms with van der Waals surface area (Å²) in [4.78, 5) is 43.8. The number of nitrogens with zero attached hydrogens (tertiary/aromatic N) is 3. The van der Waals surface area contributed by atoms with Gasteiger partial charge in [0.1, 0.15) is 24.7 Å². The molecule has 6 N–H and O–H groups in total. The normalized spacial score (nSPS) is 23.2. The summed E-state index contributed by atoms with van der Waals surface area (Å²) in [5, 5.41) is 23.7. The fraction of sp³-hybridized carbons (Fsp3) is 0.688. The molecule has 0 unspecified atom stereocenters. The van der Waals surface area contributed by atoms with Crippen molar-refractivity contribution < 1.29 is 24.5 Å². The van der Waals surface area contributed by atoms with Crippen molar-refractivity contribution in [1.29, 1.82) is 0 Å². The third-order valence-corrected chi connectivity index (χ3v) is 4.43. The molecule has 0 saturated carbocycles. The third kappa shape index (κ3) is 6.18. The Bertz CT molecular complexity index is 775. The van der Waals surface area contributed by atoms with Gasteiger partial charge >= 0.3 is 5.69 Å². The van der Waals surface area contributed by atoms with Crippen LogP contribution < -0.4 is 22.1 Å². The van der Waals surface area contributed by atoms with Crippen LogP contribution in [0.5, 0.6) is 0 Å². The smallest absolute Gasteiger partial charge is 0.354 e. The molecule has 0 aromatic carbocycles. The first-order chi connectivity index (χ1) is 13.1. The van der Waals surface area contributed by atoms with Crippen molar-refractivity contribution in [3.8, 4) is 0 Å². The van der Waals surface area contributed by atoms with Crippen molar-refractivity contribution in [2.75, 3.05) is 11.9 Å². The summed E-state index contributed by atoms with van der Waals surface area (Å²) in [7, 11) is 0. The Morgan fingerprint density at radius 3 is 2.55 bits per heavy atom. The van der Waals surface area contributed by atoms with Gasteiger partial charge in [-0.05, 0) is 12.8 Å². The number of amides is 2. The Hall–Kier alpha value is -2.12. The number of rotatable bonds is 7. The van der Waals surface area contributed by atoms with E-state index < -0.39 is 48.0 Å². The zero-order valence-electron chi connectivity index (χ0n) is 16.3. The molecule has 2 amide bonds. The molecule has 29 heavy (non-hydrogen) atoms. The van der Waals surface area contributed by atoms with Crippen LogP contribution in [0.1, 0.15) is 33.4 Å². The molecule has 0 spiro atoms. The van der Waals surface area contributed by atoms with Gasteiger partial charge in [-0.3, -0.25) is 19.5 Å². The highest BCUT2D eigenvalue weighted by atomic mass is 35.5. The fourth-order valence-corrected chi connectivity index (χ4v) is 2.55. The largest absolute Gasteiger partial charge is 0.394 e. The molecule has 0 bridgehead atoms. The lowest BCUT2D eigenvalue weighted by molar-refractivity contribution is -0.127. The summed E-state index contributed by atoms with van der Waals surface area (Å²) in [6.07, 6.45) is -1.31. The quantitative estimate of drug-likeness (QED) is 0.328. The summed E-state index contributed by atoms with van der Waals surface area (Å²) in [5.74, 6) is -1.41. The number of nitrogens with two attached hydrogens (primary N) is 1. The topological polar surface area (TPSA) is 182 Å². The van der Waals surface area contributed by atoms with Gasteiger partial charge in [-0.25, -0.2) is 9.78 Å². The second-order valence-corrected chi connectivity index (χ2v) is 6.97. The summed E-state index contributed by atoms with van der Waals surface area (Å²) >= 11 is 0. The number of aliphatic hydroxyl groups is 2.